The van der Waals surface area contributed by atoms with Gasteiger partial charge in [-0.1, -0.05) is 70.9 Å². The van der Waals surface area contributed by atoms with Crippen LogP contribution in [0.25, 0.3) is 0 Å². The minimum absolute atomic E-state index is 0.0135. The third-order valence-corrected chi connectivity index (χ3v) is 7.26. The summed E-state index contributed by atoms with van der Waals surface area (Å²) < 4.78 is 10.6. The van der Waals surface area contributed by atoms with Gasteiger partial charge in [0, 0.05) is 19.7 Å². The molecule has 0 unspecified atom stereocenters. The van der Waals surface area contributed by atoms with Crippen LogP contribution in [0.2, 0.25) is 0 Å². The fraction of sp³-hybridized carbons (Fsp3) is 0.714. The quantitative estimate of drug-likeness (QED) is 0.315. The molecule has 7 heteroatoms. The van der Waals surface area contributed by atoms with Crippen LogP contribution in [-0.2, 0) is 25.6 Å². The van der Waals surface area contributed by atoms with E-state index in [9.17, 15) is 9.59 Å². The SMILES string of the molecule is CC[C@H](C)[C@H](NC(=O)[C@H]1CCCCN1C)C(=O)N(Cc1ccccc1)[C@H](CCOCOC)C(C)C. The highest BCUT2D eigenvalue weighted by atomic mass is 16.7. The maximum atomic E-state index is 14.2. The Morgan fingerprint density at radius 3 is 2.49 bits per heavy atom. The molecule has 0 aromatic heterocycles. The van der Waals surface area contributed by atoms with Crippen LogP contribution in [0, 0.1) is 11.8 Å². The number of hydrogen-bond acceptors (Lipinski definition) is 5. The van der Waals surface area contributed by atoms with Gasteiger partial charge in [-0.2, -0.15) is 0 Å². The van der Waals surface area contributed by atoms with Gasteiger partial charge in [-0.15, -0.1) is 0 Å². The average molecular weight is 490 g/mol. The van der Waals surface area contributed by atoms with Gasteiger partial charge in [-0.3, -0.25) is 14.5 Å². The molecule has 0 saturated carbocycles. The van der Waals surface area contributed by atoms with E-state index in [0.29, 0.717) is 19.6 Å². The van der Waals surface area contributed by atoms with Crippen LogP contribution in [0.15, 0.2) is 30.3 Å². The number of rotatable bonds is 14. The minimum atomic E-state index is -0.562. The molecule has 1 saturated heterocycles. The van der Waals surface area contributed by atoms with Crippen LogP contribution < -0.4 is 5.32 Å². The van der Waals surface area contributed by atoms with Gasteiger partial charge < -0.3 is 19.7 Å². The molecule has 0 aliphatic carbocycles. The van der Waals surface area contributed by atoms with Crippen LogP contribution in [-0.4, -0.2) is 73.8 Å². The number of nitrogens with one attached hydrogen (secondary N) is 1. The first-order valence-corrected chi connectivity index (χ1v) is 13.2. The van der Waals surface area contributed by atoms with E-state index in [4.69, 9.17) is 9.47 Å². The Labute approximate surface area is 212 Å². The fourth-order valence-corrected chi connectivity index (χ4v) is 4.85. The number of likely N-dealkylation sites (tertiary alicyclic amines) is 1. The van der Waals surface area contributed by atoms with E-state index in [0.717, 1.165) is 37.8 Å². The van der Waals surface area contributed by atoms with E-state index in [1.165, 1.54) is 0 Å². The number of amides is 2. The number of carbonyl (C=O) groups is 2. The lowest BCUT2D eigenvalue weighted by Crippen LogP contribution is -2.58. The molecule has 2 amide bonds. The zero-order chi connectivity index (χ0) is 25.8. The van der Waals surface area contributed by atoms with E-state index >= 15 is 0 Å². The Balaban J connectivity index is 2.31. The second kappa shape index (κ2) is 15.2. The smallest absolute Gasteiger partial charge is 0.245 e. The Kier molecular flexibility index (Phi) is 12.7. The van der Waals surface area contributed by atoms with Gasteiger partial charge in [0.2, 0.25) is 11.8 Å². The second-order valence-corrected chi connectivity index (χ2v) is 10.2. The van der Waals surface area contributed by atoms with Gasteiger partial charge in [0.15, 0.2) is 0 Å². The molecule has 1 heterocycles. The number of ether oxygens (including phenoxy) is 2. The predicted octanol–water partition coefficient (Wildman–Crippen LogP) is 4.07. The third-order valence-electron chi connectivity index (χ3n) is 7.26. The highest BCUT2D eigenvalue weighted by Crippen LogP contribution is 2.23. The highest BCUT2D eigenvalue weighted by molar-refractivity contribution is 5.90. The first-order valence-electron chi connectivity index (χ1n) is 13.2. The monoisotopic (exact) mass is 489 g/mol. The van der Waals surface area contributed by atoms with Gasteiger partial charge >= 0.3 is 0 Å². The average Bonchev–Trinajstić information content (AvgIpc) is 2.86. The summed E-state index contributed by atoms with van der Waals surface area (Å²) in [5.74, 6) is 0.207. The summed E-state index contributed by atoms with van der Waals surface area (Å²) in [4.78, 5) is 31.6. The van der Waals surface area contributed by atoms with Gasteiger partial charge in [-0.25, -0.2) is 0 Å². The Morgan fingerprint density at radius 2 is 1.89 bits per heavy atom. The van der Waals surface area contributed by atoms with E-state index in [2.05, 4.69) is 37.9 Å². The van der Waals surface area contributed by atoms with Crippen LogP contribution in [0.1, 0.15) is 65.4 Å². The number of methoxy groups -OCH3 is 1. The van der Waals surface area contributed by atoms with Crippen LogP contribution >= 0.6 is 0 Å². The number of likely N-dealkylation sites (N-methyl/N-ethyl adjacent to an activating group) is 1. The first kappa shape index (κ1) is 29.3. The number of benzene rings is 1. The number of carbonyl (C=O) groups excluding carboxylic acids is 2. The Morgan fingerprint density at radius 1 is 1.17 bits per heavy atom. The summed E-state index contributed by atoms with van der Waals surface area (Å²) in [5.41, 5.74) is 1.07. The normalized spacial score (nSPS) is 19.2. The van der Waals surface area contributed by atoms with Gasteiger partial charge in [0.1, 0.15) is 12.8 Å². The molecule has 7 nitrogen and oxygen atoms in total. The van der Waals surface area contributed by atoms with Crippen molar-refractivity contribution in [1.82, 2.24) is 15.1 Å². The lowest BCUT2D eigenvalue weighted by Gasteiger charge is -2.39. The molecule has 4 atom stereocenters. The topological polar surface area (TPSA) is 71.1 Å². The largest absolute Gasteiger partial charge is 0.359 e. The van der Waals surface area contributed by atoms with E-state index in [-0.39, 0.29) is 42.5 Å². The van der Waals surface area contributed by atoms with Crippen molar-refractivity contribution in [3.63, 3.8) is 0 Å². The molecular formula is C28H47N3O4. The fourth-order valence-electron chi connectivity index (χ4n) is 4.85. The number of piperidine rings is 1. The molecule has 0 radical (unpaired) electrons. The maximum absolute atomic E-state index is 14.2. The Hall–Kier alpha value is -1.96. The molecule has 1 aliphatic rings. The molecule has 35 heavy (non-hydrogen) atoms. The molecule has 1 aromatic carbocycles. The second-order valence-electron chi connectivity index (χ2n) is 10.2. The lowest BCUT2D eigenvalue weighted by atomic mass is 9.93. The first-order chi connectivity index (χ1) is 16.8. The predicted molar refractivity (Wildman–Crippen MR) is 140 cm³/mol. The van der Waals surface area contributed by atoms with Crippen molar-refractivity contribution >= 4 is 11.8 Å². The summed E-state index contributed by atoms with van der Waals surface area (Å²) in [5, 5.41) is 3.18. The summed E-state index contributed by atoms with van der Waals surface area (Å²) >= 11 is 0. The van der Waals surface area contributed by atoms with Crippen molar-refractivity contribution in [1.29, 1.82) is 0 Å². The summed E-state index contributed by atoms with van der Waals surface area (Å²) in [6.07, 6.45) is 4.50. The van der Waals surface area contributed by atoms with Gasteiger partial charge in [-0.05, 0) is 50.3 Å². The van der Waals surface area contributed by atoms with Crippen LogP contribution in [0.4, 0.5) is 0 Å². The van der Waals surface area contributed by atoms with Crippen molar-refractivity contribution in [3.05, 3.63) is 35.9 Å². The molecule has 1 N–H and O–H groups in total. The molecule has 1 aliphatic heterocycles. The van der Waals surface area contributed by atoms with E-state index in [1.54, 1.807) is 7.11 Å². The van der Waals surface area contributed by atoms with Gasteiger partial charge in [0.25, 0.3) is 0 Å². The third kappa shape index (κ3) is 8.89. The highest BCUT2D eigenvalue weighted by Gasteiger charge is 2.36. The maximum Gasteiger partial charge on any atom is 0.245 e. The molecular weight excluding hydrogens is 442 g/mol. The minimum Gasteiger partial charge on any atom is -0.359 e. The van der Waals surface area contributed by atoms with Crippen molar-refractivity contribution < 1.29 is 19.1 Å². The molecule has 0 bridgehead atoms. The summed E-state index contributed by atoms with van der Waals surface area (Å²) in [6.45, 7) is 10.6. The molecule has 1 aromatic rings. The number of hydrogen-bond donors (Lipinski definition) is 1. The molecule has 2 rings (SSSR count). The van der Waals surface area contributed by atoms with Crippen molar-refractivity contribution in [3.8, 4) is 0 Å². The van der Waals surface area contributed by atoms with Crippen molar-refractivity contribution in [2.75, 3.05) is 34.1 Å². The lowest BCUT2D eigenvalue weighted by molar-refractivity contribution is -0.143. The molecule has 1 fully saturated rings. The van der Waals surface area contributed by atoms with Crippen LogP contribution in [0.3, 0.4) is 0 Å². The number of nitrogens with zero attached hydrogens (tertiary/aromatic N) is 2. The zero-order valence-corrected chi connectivity index (χ0v) is 22.7. The standard InChI is InChI=1S/C28H47N3O4/c1-7-22(4)26(29-27(32)25-15-11-12-17-30(25)5)28(33)31(19-23-13-9-8-10-14-23)24(21(2)3)16-18-35-20-34-6/h8-10,13-14,21-22,24-26H,7,11-12,15-20H2,1-6H3,(H,29,32)/t22-,24+,25+,26-/m0/s1. The summed E-state index contributed by atoms with van der Waals surface area (Å²) in [6, 6.07) is 9.31. The Bertz CT molecular complexity index is 758. The van der Waals surface area contributed by atoms with E-state index < -0.39 is 6.04 Å². The van der Waals surface area contributed by atoms with Crippen LogP contribution in [0.5, 0.6) is 0 Å². The van der Waals surface area contributed by atoms with E-state index in [1.807, 2.05) is 42.3 Å². The van der Waals surface area contributed by atoms with Crippen molar-refractivity contribution in [2.24, 2.45) is 11.8 Å². The zero-order valence-electron chi connectivity index (χ0n) is 22.7. The molecule has 198 valence electrons. The van der Waals surface area contributed by atoms with Crippen molar-refractivity contribution in [2.45, 2.75) is 84.5 Å². The summed E-state index contributed by atoms with van der Waals surface area (Å²) in [7, 11) is 3.61. The van der Waals surface area contributed by atoms with Gasteiger partial charge in [0.05, 0.1) is 12.6 Å². The molecule has 0 spiro atoms.